The van der Waals surface area contributed by atoms with Gasteiger partial charge in [0, 0.05) is 17.2 Å². The molecule has 3 heteroatoms. The van der Waals surface area contributed by atoms with E-state index in [4.69, 9.17) is 5.73 Å². The van der Waals surface area contributed by atoms with Gasteiger partial charge in [-0.05, 0) is 28.0 Å². The van der Waals surface area contributed by atoms with E-state index in [1.165, 1.54) is 4.70 Å². The van der Waals surface area contributed by atoms with Crippen molar-refractivity contribution < 1.29 is 5.11 Å². The van der Waals surface area contributed by atoms with Crippen molar-refractivity contribution in [1.29, 1.82) is 0 Å². The second kappa shape index (κ2) is 5.75. The van der Waals surface area contributed by atoms with Crippen LogP contribution < -0.4 is 5.73 Å². The van der Waals surface area contributed by atoms with Gasteiger partial charge < -0.3 is 10.8 Å². The van der Waals surface area contributed by atoms with Crippen LogP contribution in [-0.4, -0.2) is 11.7 Å². The Morgan fingerprint density at radius 3 is 2.45 bits per heavy atom. The maximum absolute atomic E-state index is 10.7. The molecule has 0 bridgehead atoms. The van der Waals surface area contributed by atoms with E-state index in [0.717, 1.165) is 16.5 Å². The first-order valence-corrected chi connectivity index (χ1v) is 7.58. The first-order valence-electron chi connectivity index (χ1n) is 6.70. The van der Waals surface area contributed by atoms with Crippen molar-refractivity contribution in [2.75, 3.05) is 6.54 Å². The third-order valence-electron chi connectivity index (χ3n) is 3.69. The molecular weight excluding hydrogens is 266 g/mol. The maximum Gasteiger partial charge on any atom is 0.0884 e. The molecule has 2 aromatic carbocycles. The third kappa shape index (κ3) is 2.36. The monoisotopic (exact) mass is 283 g/mol. The first kappa shape index (κ1) is 13.3. The van der Waals surface area contributed by atoms with E-state index >= 15 is 0 Å². The lowest BCUT2D eigenvalue weighted by molar-refractivity contribution is 0.149. The van der Waals surface area contributed by atoms with Crippen LogP contribution in [0.4, 0.5) is 0 Å². The predicted octanol–water partition coefficient (Wildman–Crippen LogP) is 3.68. The van der Waals surface area contributed by atoms with Crippen molar-refractivity contribution in [3.63, 3.8) is 0 Å². The van der Waals surface area contributed by atoms with Gasteiger partial charge in [-0.1, -0.05) is 48.5 Å². The number of thiophene rings is 1. The van der Waals surface area contributed by atoms with Crippen molar-refractivity contribution in [2.45, 2.75) is 12.0 Å². The molecule has 0 aliphatic carbocycles. The Morgan fingerprint density at radius 1 is 1.00 bits per heavy atom. The summed E-state index contributed by atoms with van der Waals surface area (Å²) in [6.45, 7) is 0.426. The van der Waals surface area contributed by atoms with Crippen LogP contribution in [0.2, 0.25) is 0 Å². The molecule has 0 spiro atoms. The molecule has 0 aliphatic rings. The summed E-state index contributed by atoms with van der Waals surface area (Å²) < 4.78 is 1.20. The molecule has 102 valence electrons. The molecule has 0 fully saturated rings. The van der Waals surface area contributed by atoms with Crippen LogP contribution >= 0.6 is 11.3 Å². The lowest BCUT2D eigenvalue weighted by atomic mass is 9.89. The molecule has 2 unspecified atom stereocenters. The number of hydrogen-bond donors (Lipinski definition) is 2. The minimum Gasteiger partial charge on any atom is -0.388 e. The van der Waals surface area contributed by atoms with Crippen LogP contribution in [0.5, 0.6) is 0 Å². The van der Waals surface area contributed by atoms with E-state index in [1.807, 2.05) is 47.8 Å². The van der Waals surface area contributed by atoms with Crippen molar-refractivity contribution in [3.8, 4) is 0 Å². The Bertz CT molecular complexity index is 692. The van der Waals surface area contributed by atoms with Crippen molar-refractivity contribution in [2.24, 2.45) is 5.73 Å². The number of aliphatic hydroxyl groups excluding tert-OH is 1. The largest absolute Gasteiger partial charge is 0.388 e. The van der Waals surface area contributed by atoms with Gasteiger partial charge in [0.2, 0.25) is 0 Å². The SMILES string of the molecule is NCC(c1ccccc1)C(O)c1csc2ccccc12. The molecule has 0 amide bonds. The number of benzene rings is 2. The Kier molecular flexibility index (Phi) is 3.83. The summed E-state index contributed by atoms with van der Waals surface area (Å²) in [5.74, 6) is -0.0748. The minimum atomic E-state index is -0.571. The standard InChI is InChI=1S/C17H17NOS/c18-10-14(12-6-2-1-3-7-12)17(19)15-11-20-16-9-5-4-8-13(15)16/h1-9,11,14,17,19H,10,18H2. The van der Waals surface area contributed by atoms with Gasteiger partial charge in [0.25, 0.3) is 0 Å². The van der Waals surface area contributed by atoms with Gasteiger partial charge in [0.1, 0.15) is 0 Å². The molecule has 0 saturated heterocycles. The number of aliphatic hydroxyl groups is 1. The molecule has 0 radical (unpaired) electrons. The van der Waals surface area contributed by atoms with Crippen molar-refractivity contribution in [3.05, 3.63) is 71.1 Å². The van der Waals surface area contributed by atoms with Crippen LogP contribution in [0, 0.1) is 0 Å². The number of nitrogens with two attached hydrogens (primary N) is 1. The van der Waals surface area contributed by atoms with Crippen LogP contribution in [0.25, 0.3) is 10.1 Å². The summed E-state index contributed by atoms with van der Waals surface area (Å²) in [5, 5.41) is 13.9. The number of hydrogen-bond acceptors (Lipinski definition) is 3. The zero-order valence-electron chi connectivity index (χ0n) is 11.1. The molecule has 20 heavy (non-hydrogen) atoms. The molecule has 2 nitrogen and oxygen atoms in total. The predicted molar refractivity (Wildman–Crippen MR) is 85.0 cm³/mol. The lowest BCUT2D eigenvalue weighted by Crippen LogP contribution is -2.19. The van der Waals surface area contributed by atoms with Gasteiger partial charge in [-0.15, -0.1) is 11.3 Å². The van der Waals surface area contributed by atoms with Gasteiger partial charge in [0.15, 0.2) is 0 Å². The first-order chi connectivity index (χ1) is 9.81. The minimum absolute atomic E-state index is 0.0748. The summed E-state index contributed by atoms with van der Waals surface area (Å²) in [5.41, 5.74) is 7.96. The van der Waals surface area contributed by atoms with E-state index in [9.17, 15) is 5.11 Å². The van der Waals surface area contributed by atoms with Crippen molar-refractivity contribution in [1.82, 2.24) is 0 Å². The van der Waals surface area contributed by atoms with Crippen LogP contribution in [0.15, 0.2) is 60.0 Å². The zero-order chi connectivity index (χ0) is 13.9. The summed E-state index contributed by atoms with van der Waals surface area (Å²) in [4.78, 5) is 0. The highest BCUT2D eigenvalue weighted by Gasteiger charge is 2.23. The average molecular weight is 283 g/mol. The van der Waals surface area contributed by atoms with Crippen LogP contribution in [0.1, 0.15) is 23.1 Å². The molecule has 1 heterocycles. The smallest absolute Gasteiger partial charge is 0.0884 e. The summed E-state index contributed by atoms with van der Waals surface area (Å²) in [6, 6.07) is 18.2. The molecule has 0 aliphatic heterocycles. The number of rotatable bonds is 4. The fourth-order valence-corrected chi connectivity index (χ4v) is 3.58. The fourth-order valence-electron chi connectivity index (χ4n) is 2.59. The highest BCUT2D eigenvalue weighted by Crippen LogP contribution is 2.37. The molecule has 3 N–H and O–H groups in total. The average Bonchev–Trinajstić information content (AvgIpc) is 2.93. The number of fused-ring (bicyclic) bond motifs is 1. The molecule has 1 aromatic heterocycles. The zero-order valence-corrected chi connectivity index (χ0v) is 11.9. The fraction of sp³-hybridized carbons (Fsp3) is 0.176. The van der Waals surface area contributed by atoms with Crippen molar-refractivity contribution >= 4 is 21.4 Å². The highest BCUT2D eigenvalue weighted by molar-refractivity contribution is 7.17. The quantitative estimate of drug-likeness (QED) is 0.767. The van der Waals surface area contributed by atoms with Gasteiger partial charge in [-0.25, -0.2) is 0 Å². The van der Waals surface area contributed by atoms with E-state index in [1.54, 1.807) is 11.3 Å². The maximum atomic E-state index is 10.7. The van der Waals surface area contributed by atoms with E-state index in [0.29, 0.717) is 6.54 Å². The molecular formula is C17H17NOS. The van der Waals surface area contributed by atoms with E-state index in [2.05, 4.69) is 12.1 Å². The summed E-state index contributed by atoms with van der Waals surface area (Å²) in [7, 11) is 0. The van der Waals surface area contributed by atoms with Gasteiger partial charge >= 0.3 is 0 Å². The molecule has 2 atom stereocenters. The van der Waals surface area contributed by atoms with Gasteiger partial charge in [0.05, 0.1) is 6.10 Å². The Labute approximate surface area is 122 Å². The van der Waals surface area contributed by atoms with Gasteiger partial charge in [-0.2, -0.15) is 0 Å². The van der Waals surface area contributed by atoms with Gasteiger partial charge in [-0.3, -0.25) is 0 Å². The summed E-state index contributed by atoms with van der Waals surface area (Å²) in [6.07, 6.45) is -0.571. The summed E-state index contributed by atoms with van der Waals surface area (Å²) >= 11 is 1.66. The normalized spacial score (nSPS) is 14.3. The molecule has 0 saturated carbocycles. The molecule has 3 aromatic rings. The second-order valence-electron chi connectivity index (χ2n) is 4.88. The molecule has 3 rings (SSSR count). The van der Waals surface area contributed by atoms with E-state index < -0.39 is 6.10 Å². The second-order valence-corrected chi connectivity index (χ2v) is 5.80. The third-order valence-corrected chi connectivity index (χ3v) is 4.67. The van der Waals surface area contributed by atoms with E-state index in [-0.39, 0.29) is 5.92 Å². The van der Waals surface area contributed by atoms with Crippen LogP contribution in [-0.2, 0) is 0 Å². The van der Waals surface area contributed by atoms with Crippen LogP contribution in [0.3, 0.4) is 0 Å². The Balaban J connectivity index is 2.00. The Hall–Kier alpha value is -1.68. The topological polar surface area (TPSA) is 46.2 Å². The Morgan fingerprint density at radius 2 is 1.70 bits per heavy atom. The lowest BCUT2D eigenvalue weighted by Gasteiger charge is -2.21. The highest BCUT2D eigenvalue weighted by atomic mass is 32.1.